The first-order valence-corrected chi connectivity index (χ1v) is 14.5. The summed E-state index contributed by atoms with van der Waals surface area (Å²) in [7, 11) is -7.30. The van der Waals surface area contributed by atoms with Crippen LogP contribution in [0, 0.1) is 0 Å². The van der Waals surface area contributed by atoms with Gasteiger partial charge in [-0.3, -0.25) is 10.1 Å². The van der Waals surface area contributed by atoms with Gasteiger partial charge >= 0.3 is 6.01 Å². The molecule has 1 unspecified atom stereocenters. The van der Waals surface area contributed by atoms with Crippen molar-refractivity contribution in [3.05, 3.63) is 41.8 Å². The van der Waals surface area contributed by atoms with Crippen LogP contribution < -0.4 is 5.32 Å². The van der Waals surface area contributed by atoms with Crippen molar-refractivity contribution in [1.29, 1.82) is 0 Å². The molecule has 1 fully saturated rings. The van der Waals surface area contributed by atoms with E-state index in [2.05, 4.69) is 15.5 Å². The van der Waals surface area contributed by atoms with Gasteiger partial charge in [-0.15, -0.1) is 16.4 Å². The number of carbonyl (C=O) groups excluding carboxylic acids is 1. The number of sulfone groups is 1. The zero-order chi connectivity index (χ0) is 24.5. The Morgan fingerprint density at radius 1 is 1.15 bits per heavy atom. The number of nitrogens with one attached hydrogen (secondary N) is 1. The molecule has 3 heterocycles. The summed E-state index contributed by atoms with van der Waals surface area (Å²) in [5, 5.41) is 11.3. The molecule has 0 bridgehead atoms. The number of amides is 1. The number of sulfonamides is 1. The molecule has 1 N–H and O–H groups in total. The van der Waals surface area contributed by atoms with Crippen LogP contribution in [0.3, 0.4) is 0 Å². The number of hydrogen-bond acceptors (Lipinski definition) is 9. The first-order chi connectivity index (χ1) is 16.1. The number of rotatable bonds is 7. The highest BCUT2D eigenvalue weighted by atomic mass is 32.2. The van der Waals surface area contributed by atoms with E-state index in [0.29, 0.717) is 24.8 Å². The topological polar surface area (TPSA) is 140 Å². The third kappa shape index (κ3) is 4.78. The molecule has 13 heteroatoms. The van der Waals surface area contributed by atoms with Gasteiger partial charge in [-0.2, -0.15) is 4.31 Å². The molecule has 10 nitrogen and oxygen atoms in total. The molecule has 1 aliphatic rings. The molecule has 0 spiro atoms. The second-order valence-corrected chi connectivity index (χ2v) is 13.7. The maximum Gasteiger partial charge on any atom is 0.322 e. The van der Waals surface area contributed by atoms with Crippen LogP contribution in [0.15, 0.2) is 55.3 Å². The van der Waals surface area contributed by atoms with Crippen LogP contribution in [0.5, 0.6) is 0 Å². The summed E-state index contributed by atoms with van der Waals surface area (Å²) in [6.07, 6.45) is 1.74. The molecule has 2 aromatic heterocycles. The Labute approximate surface area is 202 Å². The Morgan fingerprint density at radius 3 is 2.65 bits per heavy atom. The van der Waals surface area contributed by atoms with E-state index < -0.39 is 37.1 Å². The maximum absolute atomic E-state index is 13.0. The third-order valence-corrected chi connectivity index (χ3v) is 10.9. The van der Waals surface area contributed by atoms with Crippen LogP contribution in [0.1, 0.15) is 33.1 Å². The first kappa shape index (κ1) is 24.5. The van der Waals surface area contributed by atoms with E-state index in [-0.39, 0.29) is 27.6 Å². The molecule has 1 atom stereocenters. The van der Waals surface area contributed by atoms with E-state index >= 15 is 0 Å². The average Bonchev–Trinajstić information content (AvgIpc) is 3.52. The summed E-state index contributed by atoms with van der Waals surface area (Å²) in [4.78, 5) is 13.1. The molecule has 1 aromatic carbocycles. The van der Waals surface area contributed by atoms with Crippen LogP contribution in [0.4, 0.5) is 6.01 Å². The lowest BCUT2D eigenvalue weighted by Gasteiger charge is -2.32. The molecule has 4 rings (SSSR count). The van der Waals surface area contributed by atoms with Crippen LogP contribution in [0.25, 0.3) is 11.5 Å². The van der Waals surface area contributed by atoms with Crippen LogP contribution in [-0.2, 0) is 24.7 Å². The quantitative estimate of drug-likeness (QED) is 0.497. The average molecular weight is 525 g/mol. The molecule has 1 aliphatic heterocycles. The summed E-state index contributed by atoms with van der Waals surface area (Å²) in [6.45, 7) is 3.43. The Balaban J connectivity index is 1.54. The number of thiophene rings is 1. The first-order valence-electron chi connectivity index (χ1n) is 10.6. The van der Waals surface area contributed by atoms with Crippen molar-refractivity contribution in [3.63, 3.8) is 0 Å². The van der Waals surface area contributed by atoms with Gasteiger partial charge < -0.3 is 4.42 Å². The Morgan fingerprint density at radius 2 is 1.94 bits per heavy atom. The monoisotopic (exact) mass is 524 g/mol. The smallest absolute Gasteiger partial charge is 0.322 e. The van der Waals surface area contributed by atoms with Crippen molar-refractivity contribution in [3.8, 4) is 11.5 Å². The highest BCUT2D eigenvalue weighted by Gasteiger charge is 2.38. The van der Waals surface area contributed by atoms with E-state index in [4.69, 9.17) is 4.42 Å². The molecule has 182 valence electrons. The lowest BCUT2D eigenvalue weighted by Crippen LogP contribution is -2.49. The summed E-state index contributed by atoms with van der Waals surface area (Å²) < 4.78 is 57.9. The standard InChI is InChI=1S/C21H24N4O6S3/c1-14(2)33(27,28)16-8-5-7-15(13-16)20-23-24-21(31-20)22-19(26)17-9-3-4-11-25(17)34(29,30)18-10-6-12-32-18/h5-8,10,12-14,17H,3-4,9,11H2,1-2H3,(H,22,24,26). The maximum atomic E-state index is 13.0. The zero-order valence-electron chi connectivity index (χ0n) is 18.5. The minimum atomic E-state index is -3.80. The summed E-state index contributed by atoms with van der Waals surface area (Å²) in [5.41, 5.74) is 0.384. The summed E-state index contributed by atoms with van der Waals surface area (Å²) in [6, 6.07) is 8.18. The second kappa shape index (κ2) is 9.56. The minimum absolute atomic E-state index is 0.0304. The van der Waals surface area contributed by atoms with E-state index in [1.165, 1.54) is 22.5 Å². The molecule has 1 amide bonds. The van der Waals surface area contributed by atoms with E-state index in [0.717, 1.165) is 11.3 Å². The van der Waals surface area contributed by atoms with Gasteiger partial charge in [0.25, 0.3) is 10.0 Å². The van der Waals surface area contributed by atoms with Gasteiger partial charge in [0.2, 0.25) is 11.8 Å². The number of hydrogen-bond donors (Lipinski definition) is 1. The fraction of sp³-hybridized carbons (Fsp3) is 0.381. The predicted molar refractivity (Wildman–Crippen MR) is 127 cm³/mol. The predicted octanol–water partition coefficient (Wildman–Crippen LogP) is 3.16. The van der Waals surface area contributed by atoms with Gasteiger partial charge in [0.15, 0.2) is 9.84 Å². The van der Waals surface area contributed by atoms with Crippen LogP contribution in [-0.4, -0.2) is 55.1 Å². The number of anilines is 1. The Kier molecular flexibility index (Phi) is 6.90. The largest absolute Gasteiger partial charge is 0.403 e. The number of benzene rings is 1. The Hall–Kier alpha value is -2.61. The van der Waals surface area contributed by atoms with Crippen molar-refractivity contribution < 1.29 is 26.0 Å². The lowest BCUT2D eigenvalue weighted by molar-refractivity contribution is -0.120. The van der Waals surface area contributed by atoms with Gasteiger partial charge in [0.1, 0.15) is 10.3 Å². The van der Waals surface area contributed by atoms with Crippen molar-refractivity contribution in [2.45, 2.75) is 53.5 Å². The molecule has 0 radical (unpaired) electrons. The minimum Gasteiger partial charge on any atom is -0.403 e. The molecule has 3 aromatic rings. The van der Waals surface area contributed by atoms with Crippen molar-refractivity contribution in [2.24, 2.45) is 0 Å². The SMILES string of the molecule is CC(C)S(=O)(=O)c1cccc(-c2nnc(NC(=O)C3CCCCN3S(=O)(=O)c3cccs3)o2)c1. The van der Waals surface area contributed by atoms with Gasteiger partial charge in [0, 0.05) is 12.1 Å². The van der Waals surface area contributed by atoms with Gasteiger partial charge in [-0.05, 0) is 56.3 Å². The van der Waals surface area contributed by atoms with Crippen molar-refractivity contribution in [2.75, 3.05) is 11.9 Å². The summed E-state index contributed by atoms with van der Waals surface area (Å²) in [5.74, 6) is -0.533. The molecular weight excluding hydrogens is 500 g/mol. The van der Waals surface area contributed by atoms with Crippen molar-refractivity contribution in [1.82, 2.24) is 14.5 Å². The molecule has 0 aliphatic carbocycles. The fourth-order valence-electron chi connectivity index (χ4n) is 3.64. The number of nitrogens with zero attached hydrogens (tertiary/aromatic N) is 3. The van der Waals surface area contributed by atoms with Gasteiger partial charge in [-0.25, -0.2) is 16.8 Å². The van der Waals surface area contributed by atoms with Crippen LogP contribution in [0.2, 0.25) is 0 Å². The normalized spacial score (nSPS) is 17.7. The highest BCUT2D eigenvalue weighted by Crippen LogP contribution is 2.29. The molecule has 1 saturated heterocycles. The molecule has 0 saturated carbocycles. The summed E-state index contributed by atoms with van der Waals surface area (Å²) >= 11 is 1.10. The zero-order valence-corrected chi connectivity index (χ0v) is 21.0. The Bertz CT molecular complexity index is 1380. The molecular formula is C21H24N4O6S3. The van der Waals surface area contributed by atoms with Crippen LogP contribution >= 0.6 is 11.3 Å². The van der Waals surface area contributed by atoms with E-state index in [1.807, 2.05) is 0 Å². The number of carbonyl (C=O) groups is 1. The second-order valence-electron chi connectivity index (χ2n) is 8.08. The number of piperidine rings is 1. The van der Waals surface area contributed by atoms with E-state index in [9.17, 15) is 21.6 Å². The highest BCUT2D eigenvalue weighted by molar-refractivity contribution is 7.92. The van der Waals surface area contributed by atoms with E-state index in [1.54, 1.807) is 37.4 Å². The lowest BCUT2D eigenvalue weighted by atomic mass is 10.0. The number of aromatic nitrogens is 2. The molecule has 34 heavy (non-hydrogen) atoms. The van der Waals surface area contributed by atoms with Crippen molar-refractivity contribution >= 4 is 43.1 Å². The fourth-order valence-corrected chi connectivity index (χ4v) is 7.52. The third-order valence-electron chi connectivity index (χ3n) is 5.50. The van der Waals surface area contributed by atoms with Gasteiger partial charge in [-0.1, -0.05) is 23.7 Å². The van der Waals surface area contributed by atoms with Gasteiger partial charge in [0.05, 0.1) is 10.1 Å².